The first kappa shape index (κ1) is 18.9. The second-order valence-corrected chi connectivity index (χ2v) is 7.49. The molecule has 0 saturated carbocycles. The van der Waals surface area contributed by atoms with Gasteiger partial charge in [0.1, 0.15) is 18.0 Å². The molecule has 2 heterocycles. The average Bonchev–Trinajstić information content (AvgIpc) is 2.65. The topological polar surface area (TPSA) is 45.6 Å². The Balaban J connectivity index is 1.55. The third-order valence-electron chi connectivity index (χ3n) is 5.10. The molecule has 1 fully saturated rings. The summed E-state index contributed by atoms with van der Waals surface area (Å²) in [7, 11) is 0. The van der Waals surface area contributed by atoms with Gasteiger partial charge >= 0.3 is 0 Å². The van der Waals surface area contributed by atoms with Gasteiger partial charge in [-0.3, -0.25) is 9.88 Å². The van der Waals surface area contributed by atoms with Crippen LogP contribution in [-0.4, -0.2) is 40.3 Å². The quantitative estimate of drug-likeness (QED) is 0.857. The molecule has 1 N–H and O–H groups in total. The van der Waals surface area contributed by atoms with Crippen LogP contribution in [0.15, 0.2) is 42.6 Å². The van der Waals surface area contributed by atoms with Crippen LogP contribution < -0.4 is 4.74 Å². The van der Waals surface area contributed by atoms with Gasteiger partial charge in [0.15, 0.2) is 0 Å². The summed E-state index contributed by atoms with van der Waals surface area (Å²) < 4.78 is 6.09. The minimum atomic E-state index is -0.485. The van der Waals surface area contributed by atoms with E-state index in [1.807, 2.05) is 18.3 Å². The molecule has 1 aliphatic heterocycles. The minimum absolute atomic E-state index is 0.149. The van der Waals surface area contributed by atoms with Crippen LogP contribution in [0.5, 0.6) is 5.75 Å². The van der Waals surface area contributed by atoms with Crippen LogP contribution in [0.3, 0.4) is 0 Å². The summed E-state index contributed by atoms with van der Waals surface area (Å²) in [6.07, 6.45) is 3.14. The molecule has 1 saturated heterocycles. The van der Waals surface area contributed by atoms with E-state index in [0.717, 1.165) is 37.4 Å². The van der Waals surface area contributed by atoms with Crippen LogP contribution in [0, 0.1) is 0 Å². The van der Waals surface area contributed by atoms with E-state index in [-0.39, 0.29) is 6.10 Å². The van der Waals surface area contributed by atoms with E-state index in [4.69, 9.17) is 4.74 Å². The lowest BCUT2D eigenvalue weighted by atomic mass is 10.0. The molecule has 4 nitrogen and oxygen atoms in total. The maximum absolute atomic E-state index is 10.6. The Kier molecular flexibility index (Phi) is 6.28. The monoisotopic (exact) mass is 354 g/mol. The number of hydrogen-bond acceptors (Lipinski definition) is 4. The van der Waals surface area contributed by atoms with Crippen molar-refractivity contribution in [2.75, 3.05) is 13.1 Å². The predicted molar refractivity (Wildman–Crippen MR) is 104 cm³/mol. The van der Waals surface area contributed by atoms with E-state index in [9.17, 15) is 5.11 Å². The predicted octanol–water partition coefficient (Wildman–Crippen LogP) is 3.78. The van der Waals surface area contributed by atoms with E-state index in [2.05, 4.69) is 54.9 Å². The number of pyridine rings is 1. The Morgan fingerprint density at radius 3 is 2.77 bits per heavy atom. The SMILES string of the molecule is CCc1ccc(CN2CC[C@@H](Oc3cccc(C(C)C)c3)[C@H](O)C2)nc1. The number of benzene rings is 1. The van der Waals surface area contributed by atoms with E-state index < -0.39 is 6.10 Å². The van der Waals surface area contributed by atoms with Crippen LogP contribution >= 0.6 is 0 Å². The largest absolute Gasteiger partial charge is 0.488 e. The van der Waals surface area contributed by atoms with E-state index in [1.165, 1.54) is 11.1 Å². The molecule has 0 amide bonds. The zero-order valence-corrected chi connectivity index (χ0v) is 16.1. The number of β-amino-alcohol motifs (C(OH)–C–C–N with tert-alkyl or cyclic N) is 1. The van der Waals surface area contributed by atoms with Crippen LogP contribution in [0.4, 0.5) is 0 Å². The van der Waals surface area contributed by atoms with Gasteiger partial charge in [-0.15, -0.1) is 0 Å². The highest BCUT2D eigenvalue weighted by Crippen LogP contribution is 2.24. The van der Waals surface area contributed by atoms with Gasteiger partial charge in [-0.1, -0.05) is 39.0 Å². The summed E-state index contributed by atoms with van der Waals surface area (Å²) in [5.74, 6) is 1.32. The highest BCUT2D eigenvalue weighted by Gasteiger charge is 2.29. The summed E-state index contributed by atoms with van der Waals surface area (Å²) >= 11 is 0. The summed E-state index contributed by atoms with van der Waals surface area (Å²) in [6, 6.07) is 12.4. The van der Waals surface area contributed by atoms with Crippen molar-refractivity contribution in [2.24, 2.45) is 0 Å². The number of ether oxygens (including phenoxy) is 1. The highest BCUT2D eigenvalue weighted by molar-refractivity contribution is 5.30. The standard InChI is InChI=1S/C22H30N2O2/c1-4-17-8-9-19(23-13-17)14-24-11-10-22(21(25)15-24)26-20-7-5-6-18(12-20)16(2)3/h5-9,12-13,16,21-22,25H,4,10-11,14-15H2,1-3H3/t21-,22-/m1/s1. The number of aliphatic hydroxyl groups is 1. The molecular formula is C22H30N2O2. The van der Waals surface area contributed by atoms with Crippen LogP contribution in [0.1, 0.15) is 49.9 Å². The zero-order chi connectivity index (χ0) is 18.5. The van der Waals surface area contributed by atoms with Crippen LogP contribution in [0.25, 0.3) is 0 Å². The van der Waals surface area contributed by atoms with Crippen LogP contribution in [0.2, 0.25) is 0 Å². The lowest BCUT2D eigenvalue weighted by Gasteiger charge is -2.35. The van der Waals surface area contributed by atoms with Crippen molar-refractivity contribution in [1.82, 2.24) is 9.88 Å². The van der Waals surface area contributed by atoms with Gasteiger partial charge in [0.2, 0.25) is 0 Å². The average molecular weight is 354 g/mol. The van der Waals surface area contributed by atoms with Gasteiger partial charge in [0.25, 0.3) is 0 Å². The Morgan fingerprint density at radius 2 is 2.12 bits per heavy atom. The second-order valence-electron chi connectivity index (χ2n) is 7.49. The molecule has 0 spiro atoms. The molecule has 0 unspecified atom stereocenters. The first-order valence-electron chi connectivity index (χ1n) is 9.66. The van der Waals surface area contributed by atoms with Crippen molar-refractivity contribution in [3.63, 3.8) is 0 Å². The molecule has 0 bridgehead atoms. The van der Waals surface area contributed by atoms with Crippen molar-refractivity contribution >= 4 is 0 Å². The highest BCUT2D eigenvalue weighted by atomic mass is 16.5. The summed E-state index contributed by atoms with van der Waals surface area (Å²) in [5, 5.41) is 10.6. The van der Waals surface area contributed by atoms with Crippen molar-refractivity contribution in [3.8, 4) is 5.75 Å². The van der Waals surface area contributed by atoms with Crippen molar-refractivity contribution < 1.29 is 9.84 Å². The summed E-state index contributed by atoms with van der Waals surface area (Å²) in [4.78, 5) is 6.78. The van der Waals surface area contributed by atoms with Gasteiger partial charge in [0, 0.05) is 25.8 Å². The molecule has 4 heteroatoms. The number of piperidine rings is 1. The van der Waals surface area contributed by atoms with E-state index in [1.54, 1.807) is 0 Å². The first-order chi connectivity index (χ1) is 12.5. The molecule has 2 aromatic rings. The molecule has 2 atom stereocenters. The molecular weight excluding hydrogens is 324 g/mol. The molecule has 1 aliphatic rings. The normalized spacial score (nSPS) is 21.1. The third-order valence-corrected chi connectivity index (χ3v) is 5.10. The third kappa shape index (κ3) is 4.83. The molecule has 3 rings (SSSR count). The minimum Gasteiger partial charge on any atom is -0.488 e. The molecule has 1 aromatic carbocycles. The lowest BCUT2D eigenvalue weighted by Crippen LogP contribution is -2.48. The number of aliphatic hydroxyl groups excluding tert-OH is 1. The van der Waals surface area contributed by atoms with E-state index >= 15 is 0 Å². The van der Waals surface area contributed by atoms with Gasteiger partial charge in [-0.25, -0.2) is 0 Å². The van der Waals surface area contributed by atoms with Gasteiger partial charge in [-0.05, 0) is 48.1 Å². The van der Waals surface area contributed by atoms with Crippen molar-refractivity contribution in [1.29, 1.82) is 0 Å². The smallest absolute Gasteiger partial charge is 0.127 e. The van der Waals surface area contributed by atoms with Gasteiger partial charge in [-0.2, -0.15) is 0 Å². The molecule has 0 radical (unpaired) electrons. The fourth-order valence-corrected chi connectivity index (χ4v) is 3.37. The zero-order valence-electron chi connectivity index (χ0n) is 16.1. The fraction of sp³-hybridized carbons (Fsp3) is 0.500. The fourth-order valence-electron chi connectivity index (χ4n) is 3.37. The number of aryl methyl sites for hydroxylation is 1. The maximum atomic E-state index is 10.6. The Labute approximate surface area is 156 Å². The number of likely N-dealkylation sites (tertiary alicyclic amines) is 1. The Hall–Kier alpha value is -1.91. The first-order valence-corrected chi connectivity index (χ1v) is 9.66. The number of rotatable bonds is 6. The van der Waals surface area contributed by atoms with Crippen LogP contribution in [-0.2, 0) is 13.0 Å². The van der Waals surface area contributed by atoms with Gasteiger partial charge in [0.05, 0.1) is 5.69 Å². The molecule has 140 valence electrons. The molecule has 26 heavy (non-hydrogen) atoms. The maximum Gasteiger partial charge on any atom is 0.127 e. The second kappa shape index (κ2) is 8.65. The number of nitrogens with zero attached hydrogens (tertiary/aromatic N) is 2. The Bertz CT molecular complexity index is 700. The van der Waals surface area contributed by atoms with E-state index in [0.29, 0.717) is 12.5 Å². The van der Waals surface area contributed by atoms with Crippen molar-refractivity contribution in [3.05, 3.63) is 59.4 Å². The Morgan fingerprint density at radius 1 is 1.27 bits per heavy atom. The lowest BCUT2D eigenvalue weighted by molar-refractivity contribution is -0.0278. The molecule has 0 aliphatic carbocycles. The number of aromatic nitrogens is 1. The number of hydrogen-bond donors (Lipinski definition) is 1. The molecule has 1 aromatic heterocycles. The van der Waals surface area contributed by atoms with Crippen molar-refractivity contribution in [2.45, 2.75) is 58.3 Å². The summed E-state index contributed by atoms with van der Waals surface area (Å²) in [6.45, 7) is 8.78. The summed E-state index contributed by atoms with van der Waals surface area (Å²) in [5.41, 5.74) is 3.57. The van der Waals surface area contributed by atoms with Gasteiger partial charge < -0.3 is 9.84 Å².